The molecule has 3 aromatic rings. The SMILES string of the molecule is CCN(C(=O)c1ccccc1-c1ccccc1)[C@@H]1C[C@@H](c2ccccc2)OC2(CCNCC2)C1. The van der Waals surface area contributed by atoms with Crippen LogP contribution in [0.4, 0.5) is 0 Å². The summed E-state index contributed by atoms with van der Waals surface area (Å²) in [6.45, 7) is 4.71. The van der Waals surface area contributed by atoms with Gasteiger partial charge in [-0.3, -0.25) is 4.79 Å². The molecule has 0 aromatic heterocycles. The molecule has 1 N–H and O–H groups in total. The third-order valence-corrected chi connectivity index (χ3v) is 7.46. The fourth-order valence-corrected chi connectivity index (χ4v) is 5.73. The van der Waals surface area contributed by atoms with Crippen molar-refractivity contribution in [3.8, 4) is 11.1 Å². The van der Waals surface area contributed by atoms with Crippen molar-refractivity contribution in [3.63, 3.8) is 0 Å². The van der Waals surface area contributed by atoms with Crippen LogP contribution in [-0.4, -0.2) is 42.1 Å². The van der Waals surface area contributed by atoms with Gasteiger partial charge >= 0.3 is 0 Å². The van der Waals surface area contributed by atoms with Crippen molar-refractivity contribution >= 4 is 5.91 Å². The van der Waals surface area contributed by atoms with Gasteiger partial charge in [-0.15, -0.1) is 0 Å². The van der Waals surface area contributed by atoms with Crippen LogP contribution in [0.15, 0.2) is 84.9 Å². The Bertz CT molecular complexity index is 1090. The normalized spacial score (nSPS) is 21.8. The lowest BCUT2D eigenvalue weighted by atomic mass is 9.79. The molecule has 5 rings (SSSR count). The second-order valence-electron chi connectivity index (χ2n) is 9.55. The summed E-state index contributed by atoms with van der Waals surface area (Å²) in [5, 5.41) is 3.48. The van der Waals surface area contributed by atoms with E-state index in [0.717, 1.165) is 55.5 Å². The maximum atomic E-state index is 14.1. The van der Waals surface area contributed by atoms with Crippen molar-refractivity contribution in [3.05, 3.63) is 96.1 Å². The smallest absolute Gasteiger partial charge is 0.254 e. The van der Waals surface area contributed by atoms with E-state index >= 15 is 0 Å². The van der Waals surface area contributed by atoms with Gasteiger partial charge in [-0.2, -0.15) is 0 Å². The molecule has 3 aromatic carbocycles. The van der Waals surface area contributed by atoms with E-state index < -0.39 is 0 Å². The standard InChI is InChI=1S/C30H34N2O2/c1-2-32(29(33)27-16-10-9-15-26(27)23-11-5-3-6-12-23)25-21-28(24-13-7-4-8-14-24)34-30(22-25)17-19-31-20-18-30/h3-16,25,28,31H,2,17-22H2,1H3/t25-,28+/m1/s1. The number of nitrogens with zero attached hydrogens (tertiary/aromatic N) is 1. The van der Waals surface area contributed by atoms with Crippen LogP contribution in [0.3, 0.4) is 0 Å². The predicted molar refractivity (Wildman–Crippen MR) is 137 cm³/mol. The van der Waals surface area contributed by atoms with E-state index in [2.05, 4.69) is 59.6 Å². The van der Waals surface area contributed by atoms with Crippen LogP contribution >= 0.6 is 0 Å². The molecule has 0 radical (unpaired) electrons. The number of hydrogen-bond donors (Lipinski definition) is 1. The quantitative estimate of drug-likeness (QED) is 0.525. The summed E-state index contributed by atoms with van der Waals surface area (Å²) in [5.74, 6) is 0.116. The van der Waals surface area contributed by atoms with Crippen molar-refractivity contribution in [1.29, 1.82) is 0 Å². The van der Waals surface area contributed by atoms with E-state index in [-0.39, 0.29) is 23.7 Å². The fraction of sp³-hybridized carbons (Fsp3) is 0.367. The van der Waals surface area contributed by atoms with Gasteiger partial charge in [-0.05, 0) is 68.5 Å². The second kappa shape index (κ2) is 10.1. The van der Waals surface area contributed by atoms with E-state index in [9.17, 15) is 4.79 Å². The number of carbonyl (C=O) groups excluding carboxylic acids is 1. The molecule has 2 fully saturated rings. The average molecular weight is 455 g/mol. The Morgan fingerprint density at radius 3 is 2.29 bits per heavy atom. The maximum absolute atomic E-state index is 14.1. The van der Waals surface area contributed by atoms with Gasteiger partial charge < -0.3 is 15.0 Å². The first kappa shape index (κ1) is 22.8. The topological polar surface area (TPSA) is 41.6 Å². The second-order valence-corrected chi connectivity index (χ2v) is 9.55. The largest absolute Gasteiger partial charge is 0.367 e. The van der Waals surface area contributed by atoms with Crippen molar-refractivity contribution in [2.45, 2.75) is 50.4 Å². The Labute approximate surface area is 202 Å². The Kier molecular flexibility index (Phi) is 6.80. The van der Waals surface area contributed by atoms with Crippen LogP contribution in [-0.2, 0) is 4.74 Å². The van der Waals surface area contributed by atoms with Gasteiger partial charge in [0.05, 0.1) is 11.7 Å². The number of benzene rings is 3. The van der Waals surface area contributed by atoms with Crippen molar-refractivity contribution in [1.82, 2.24) is 10.2 Å². The maximum Gasteiger partial charge on any atom is 0.254 e. The summed E-state index contributed by atoms with van der Waals surface area (Å²) in [7, 11) is 0. The highest BCUT2D eigenvalue weighted by Gasteiger charge is 2.45. The summed E-state index contributed by atoms with van der Waals surface area (Å²) in [6, 6.07) is 28.9. The minimum Gasteiger partial charge on any atom is -0.367 e. The molecule has 0 bridgehead atoms. The van der Waals surface area contributed by atoms with Crippen LogP contribution in [0.5, 0.6) is 0 Å². The van der Waals surface area contributed by atoms with E-state index in [1.807, 2.05) is 42.5 Å². The first-order valence-electron chi connectivity index (χ1n) is 12.6. The molecular formula is C30H34N2O2. The third-order valence-electron chi connectivity index (χ3n) is 7.46. The number of rotatable bonds is 5. The average Bonchev–Trinajstić information content (AvgIpc) is 2.90. The zero-order valence-electron chi connectivity index (χ0n) is 20.0. The summed E-state index contributed by atoms with van der Waals surface area (Å²) in [4.78, 5) is 16.2. The molecule has 34 heavy (non-hydrogen) atoms. The van der Waals surface area contributed by atoms with Crippen LogP contribution in [0.2, 0.25) is 0 Å². The summed E-state index contributed by atoms with van der Waals surface area (Å²) in [6.07, 6.45) is 3.69. The molecule has 2 aliphatic rings. The van der Waals surface area contributed by atoms with Crippen LogP contribution < -0.4 is 5.32 Å². The van der Waals surface area contributed by atoms with Gasteiger partial charge in [-0.1, -0.05) is 78.9 Å². The number of nitrogens with one attached hydrogen (secondary N) is 1. The number of piperidine rings is 1. The molecule has 1 amide bonds. The van der Waals surface area contributed by atoms with Crippen molar-refractivity contribution < 1.29 is 9.53 Å². The summed E-state index contributed by atoms with van der Waals surface area (Å²) in [5.41, 5.74) is 3.87. The summed E-state index contributed by atoms with van der Waals surface area (Å²) < 4.78 is 6.83. The lowest BCUT2D eigenvalue weighted by Crippen LogP contribution is -2.54. The van der Waals surface area contributed by atoms with Gasteiger partial charge in [0.1, 0.15) is 0 Å². The van der Waals surface area contributed by atoms with E-state index in [1.54, 1.807) is 0 Å². The Morgan fingerprint density at radius 1 is 0.941 bits per heavy atom. The lowest BCUT2D eigenvalue weighted by Gasteiger charge is -2.49. The molecule has 0 unspecified atom stereocenters. The number of carbonyl (C=O) groups is 1. The van der Waals surface area contributed by atoms with Crippen LogP contribution in [0, 0.1) is 0 Å². The van der Waals surface area contributed by atoms with Gasteiger partial charge in [-0.25, -0.2) is 0 Å². The molecule has 2 atom stereocenters. The first-order valence-corrected chi connectivity index (χ1v) is 12.6. The predicted octanol–water partition coefficient (Wildman–Crippen LogP) is 5.86. The molecule has 1 spiro atoms. The number of ether oxygens (including phenoxy) is 1. The Balaban J connectivity index is 1.48. The minimum atomic E-state index is -0.179. The van der Waals surface area contributed by atoms with E-state index in [0.29, 0.717) is 6.54 Å². The highest BCUT2D eigenvalue weighted by atomic mass is 16.5. The summed E-state index contributed by atoms with van der Waals surface area (Å²) >= 11 is 0. The highest BCUT2D eigenvalue weighted by molar-refractivity contribution is 6.01. The van der Waals surface area contributed by atoms with E-state index in [1.165, 1.54) is 5.56 Å². The molecule has 0 aliphatic carbocycles. The van der Waals surface area contributed by atoms with Crippen molar-refractivity contribution in [2.75, 3.05) is 19.6 Å². The number of hydrogen-bond acceptors (Lipinski definition) is 3. The van der Waals surface area contributed by atoms with Gasteiger partial charge in [0.25, 0.3) is 5.91 Å². The van der Waals surface area contributed by atoms with Gasteiger partial charge in [0.2, 0.25) is 0 Å². The van der Waals surface area contributed by atoms with Crippen LogP contribution in [0.25, 0.3) is 11.1 Å². The zero-order valence-corrected chi connectivity index (χ0v) is 20.0. The molecular weight excluding hydrogens is 420 g/mol. The van der Waals surface area contributed by atoms with Crippen molar-refractivity contribution in [2.24, 2.45) is 0 Å². The number of amides is 1. The molecule has 176 valence electrons. The lowest BCUT2D eigenvalue weighted by molar-refractivity contribution is -0.162. The molecule has 4 heteroatoms. The Hall–Kier alpha value is -2.95. The molecule has 4 nitrogen and oxygen atoms in total. The minimum absolute atomic E-state index is 0.00395. The molecule has 0 saturated carbocycles. The molecule has 2 aliphatic heterocycles. The molecule has 2 heterocycles. The first-order chi connectivity index (χ1) is 16.7. The van der Waals surface area contributed by atoms with Gasteiger partial charge in [0.15, 0.2) is 0 Å². The zero-order chi connectivity index (χ0) is 23.4. The monoisotopic (exact) mass is 454 g/mol. The van der Waals surface area contributed by atoms with Crippen LogP contribution in [0.1, 0.15) is 54.6 Å². The Morgan fingerprint density at radius 2 is 1.59 bits per heavy atom. The fourth-order valence-electron chi connectivity index (χ4n) is 5.73. The third kappa shape index (κ3) is 4.66. The molecule has 2 saturated heterocycles. The highest BCUT2D eigenvalue weighted by Crippen LogP contribution is 2.44. The van der Waals surface area contributed by atoms with E-state index in [4.69, 9.17) is 4.74 Å². The van der Waals surface area contributed by atoms with Gasteiger partial charge in [0, 0.05) is 18.2 Å².